The van der Waals surface area contributed by atoms with Crippen molar-refractivity contribution in [3.8, 4) is 0 Å². The summed E-state index contributed by atoms with van der Waals surface area (Å²) in [7, 11) is 0. The van der Waals surface area contributed by atoms with E-state index in [0.717, 1.165) is 24.2 Å². The normalized spacial score (nSPS) is 43.7. The van der Waals surface area contributed by atoms with Gasteiger partial charge in [-0.25, -0.2) is 0 Å². The maximum absolute atomic E-state index is 7.86. The fourth-order valence-electron chi connectivity index (χ4n) is 5.13. The van der Waals surface area contributed by atoms with Gasteiger partial charge in [0.15, 0.2) is 0 Å². The van der Waals surface area contributed by atoms with Gasteiger partial charge in [0.25, 0.3) is 0 Å². The largest absolute Gasteiger partial charge is 0.312 e. The Hall–Kier alpha value is -1.11. The Labute approximate surface area is 116 Å². The number of fused-ring (bicyclic) bond motifs is 5. The maximum atomic E-state index is 7.86. The zero-order chi connectivity index (χ0) is 12.9. The van der Waals surface area contributed by atoms with E-state index in [-0.39, 0.29) is 5.41 Å². The van der Waals surface area contributed by atoms with E-state index in [0.29, 0.717) is 0 Å². The molecule has 1 nitrogen and oxygen atoms in total. The Morgan fingerprint density at radius 2 is 2.11 bits per heavy atom. The molecule has 100 valence electrons. The van der Waals surface area contributed by atoms with Crippen molar-refractivity contribution in [1.29, 1.82) is 5.41 Å². The molecule has 2 fully saturated rings. The van der Waals surface area contributed by atoms with Crippen LogP contribution in [0.3, 0.4) is 0 Å². The van der Waals surface area contributed by atoms with Crippen molar-refractivity contribution in [3.63, 3.8) is 0 Å². The van der Waals surface area contributed by atoms with Crippen LogP contribution in [-0.2, 0) is 0 Å². The van der Waals surface area contributed by atoms with E-state index >= 15 is 0 Å². The fourth-order valence-corrected chi connectivity index (χ4v) is 5.13. The molecule has 4 aliphatic carbocycles. The second-order valence-corrected chi connectivity index (χ2v) is 6.87. The smallest absolute Gasteiger partial charge is 0.0484 e. The lowest BCUT2D eigenvalue weighted by molar-refractivity contribution is 0.149. The molecule has 19 heavy (non-hydrogen) atoms. The summed E-state index contributed by atoms with van der Waals surface area (Å²) in [6.45, 7) is 0. The van der Waals surface area contributed by atoms with Crippen LogP contribution in [0.15, 0.2) is 35.5 Å². The third kappa shape index (κ3) is 1.57. The molecular formula is C18H23N. The van der Waals surface area contributed by atoms with Crippen molar-refractivity contribution in [2.75, 3.05) is 0 Å². The third-order valence-electron chi connectivity index (χ3n) is 6.12. The molecule has 0 aromatic carbocycles. The molecule has 0 spiro atoms. The van der Waals surface area contributed by atoms with E-state index in [1.165, 1.54) is 44.1 Å². The van der Waals surface area contributed by atoms with Gasteiger partial charge in [-0.05, 0) is 61.0 Å². The first-order valence-corrected chi connectivity index (χ1v) is 7.96. The van der Waals surface area contributed by atoms with Crippen molar-refractivity contribution in [2.45, 2.75) is 44.9 Å². The van der Waals surface area contributed by atoms with Crippen LogP contribution in [0.4, 0.5) is 0 Å². The van der Waals surface area contributed by atoms with Crippen LogP contribution in [0.25, 0.3) is 0 Å². The molecule has 0 aromatic heterocycles. The fraction of sp³-hybridized carbons (Fsp3) is 0.611. The molecule has 4 rings (SSSR count). The van der Waals surface area contributed by atoms with Crippen molar-refractivity contribution in [3.05, 3.63) is 35.5 Å². The van der Waals surface area contributed by atoms with E-state index < -0.39 is 0 Å². The molecule has 4 atom stereocenters. The van der Waals surface area contributed by atoms with Crippen molar-refractivity contribution in [1.82, 2.24) is 0 Å². The van der Waals surface area contributed by atoms with E-state index in [1.807, 2.05) is 0 Å². The van der Waals surface area contributed by atoms with Crippen molar-refractivity contribution >= 4 is 6.21 Å². The number of nitrogens with one attached hydrogen (secondary N) is 1. The highest BCUT2D eigenvalue weighted by molar-refractivity contribution is 5.77. The lowest BCUT2D eigenvalue weighted by Gasteiger charge is -2.48. The predicted molar refractivity (Wildman–Crippen MR) is 79.3 cm³/mol. The van der Waals surface area contributed by atoms with Crippen LogP contribution in [0, 0.1) is 28.6 Å². The monoisotopic (exact) mass is 253 g/mol. The average Bonchev–Trinajstić information content (AvgIpc) is 2.91. The summed E-state index contributed by atoms with van der Waals surface area (Å²) in [6, 6.07) is 0. The summed E-state index contributed by atoms with van der Waals surface area (Å²) in [5, 5.41) is 7.86. The molecule has 0 saturated heterocycles. The molecule has 0 aromatic rings. The minimum atomic E-state index is -0.0379. The Bertz CT molecular complexity index is 496. The minimum Gasteiger partial charge on any atom is -0.312 e. The van der Waals surface area contributed by atoms with Gasteiger partial charge < -0.3 is 5.41 Å². The van der Waals surface area contributed by atoms with Crippen LogP contribution >= 0.6 is 0 Å². The Morgan fingerprint density at radius 3 is 3.00 bits per heavy atom. The molecular weight excluding hydrogens is 230 g/mol. The number of hydrogen-bond acceptors (Lipinski definition) is 1. The van der Waals surface area contributed by atoms with Gasteiger partial charge in [-0.1, -0.05) is 37.1 Å². The summed E-state index contributed by atoms with van der Waals surface area (Å²) in [5.41, 5.74) is 3.04. The zero-order valence-electron chi connectivity index (χ0n) is 11.6. The van der Waals surface area contributed by atoms with E-state index in [4.69, 9.17) is 5.41 Å². The second kappa shape index (κ2) is 4.19. The molecule has 2 saturated carbocycles. The van der Waals surface area contributed by atoms with Crippen LogP contribution in [0.1, 0.15) is 44.9 Å². The van der Waals surface area contributed by atoms with Gasteiger partial charge in [-0.2, -0.15) is 0 Å². The van der Waals surface area contributed by atoms with Gasteiger partial charge in [0.2, 0.25) is 0 Å². The molecule has 0 amide bonds. The predicted octanol–water partition coefficient (Wildman–Crippen LogP) is 4.67. The lowest BCUT2D eigenvalue weighted by Crippen LogP contribution is -2.38. The van der Waals surface area contributed by atoms with Gasteiger partial charge in [0, 0.05) is 11.6 Å². The quantitative estimate of drug-likeness (QED) is 0.657. The van der Waals surface area contributed by atoms with Crippen molar-refractivity contribution in [2.24, 2.45) is 23.2 Å². The number of hydrogen-bond donors (Lipinski definition) is 1. The molecule has 1 N–H and O–H groups in total. The minimum absolute atomic E-state index is 0.0379. The SMILES string of the molecule is N=C[C@@]12C=CC=C1C1=CCC3CCCC[C@@H]3[C@H]1CC2. The van der Waals surface area contributed by atoms with Crippen LogP contribution in [0.2, 0.25) is 0 Å². The summed E-state index contributed by atoms with van der Waals surface area (Å²) in [6.07, 6.45) is 20.5. The highest BCUT2D eigenvalue weighted by Gasteiger charge is 2.46. The first-order chi connectivity index (χ1) is 9.34. The Morgan fingerprint density at radius 1 is 1.21 bits per heavy atom. The molecule has 1 unspecified atom stereocenters. The average molecular weight is 253 g/mol. The summed E-state index contributed by atoms with van der Waals surface area (Å²) in [5.74, 6) is 2.71. The molecule has 0 heterocycles. The van der Waals surface area contributed by atoms with Gasteiger partial charge in [0.05, 0.1) is 0 Å². The highest BCUT2D eigenvalue weighted by Crippen LogP contribution is 2.56. The third-order valence-corrected chi connectivity index (χ3v) is 6.12. The molecule has 0 aliphatic heterocycles. The van der Waals surface area contributed by atoms with Gasteiger partial charge >= 0.3 is 0 Å². The summed E-state index contributed by atoms with van der Waals surface area (Å²) >= 11 is 0. The van der Waals surface area contributed by atoms with E-state index in [9.17, 15) is 0 Å². The lowest BCUT2D eigenvalue weighted by atomic mass is 9.56. The van der Waals surface area contributed by atoms with Gasteiger partial charge in [-0.15, -0.1) is 0 Å². The van der Waals surface area contributed by atoms with E-state index in [1.54, 1.807) is 11.8 Å². The molecule has 0 radical (unpaired) electrons. The van der Waals surface area contributed by atoms with Crippen LogP contribution in [0.5, 0.6) is 0 Å². The summed E-state index contributed by atoms with van der Waals surface area (Å²) < 4.78 is 0. The first-order valence-electron chi connectivity index (χ1n) is 7.96. The van der Waals surface area contributed by atoms with Gasteiger partial charge in [-0.3, -0.25) is 0 Å². The maximum Gasteiger partial charge on any atom is 0.0484 e. The molecule has 0 bridgehead atoms. The zero-order valence-corrected chi connectivity index (χ0v) is 11.6. The number of rotatable bonds is 1. The van der Waals surface area contributed by atoms with Crippen LogP contribution in [-0.4, -0.2) is 6.21 Å². The molecule has 4 aliphatic rings. The summed E-state index contributed by atoms with van der Waals surface area (Å²) in [4.78, 5) is 0. The Balaban J connectivity index is 1.72. The second-order valence-electron chi connectivity index (χ2n) is 6.87. The molecule has 1 heteroatoms. The highest BCUT2D eigenvalue weighted by atomic mass is 14.5. The van der Waals surface area contributed by atoms with Crippen LogP contribution < -0.4 is 0 Å². The first kappa shape index (κ1) is 11.7. The Kier molecular flexibility index (Phi) is 2.58. The van der Waals surface area contributed by atoms with Gasteiger partial charge in [0.1, 0.15) is 0 Å². The van der Waals surface area contributed by atoms with Crippen molar-refractivity contribution < 1.29 is 0 Å². The standard InChI is InChI=1S/C18H23N/c19-12-18-10-3-6-17(18)16-8-7-13-4-1-2-5-14(13)15(16)9-11-18/h3,6,8,10,12-15,19H,1-2,4-5,7,9,11H2/t13?,14-,15+,18-/m0/s1. The topological polar surface area (TPSA) is 23.9 Å². The van der Waals surface area contributed by atoms with E-state index in [2.05, 4.69) is 24.3 Å². The number of allylic oxidation sites excluding steroid dienone is 6.